The van der Waals surface area contributed by atoms with Crippen molar-refractivity contribution in [1.29, 1.82) is 5.26 Å². The van der Waals surface area contributed by atoms with E-state index in [4.69, 9.17) is 10.00 Å². The summed E-state index contributed by atoms with van der Waals surface area (Å²) in [6.07, 6.45) is 0. The van der Waals surface area contributed by atoms with Crippen LogP contribution in [0.5, 0.6) is 5.75 Å². The summed E-state index contributed by atoms with van der Waals surface area (Å²) in [4.78, 5) is 0. The Labute approximate surface area is 78.8 Å². The molecule has 0 bridgehead atoms. The smallest absolute Gasteiger partial charge is 0.174 e. The molecular formula is C11H13NO. The van der Waals surface area contributed by atoms with Crippen LogP contribution in [-0.4, -0.2) is 6.61 Å². The predicted octanol–water partition coefficient (Wildman–Crippen LogP) is 2.51. The first-order valence-corrected chi connectivity index (χ1v) is 4.22. The van der Waals surface area contributed by atoms with Crippen molar-refractivity contribution in [3.05, 3.63) is 28.8 Å². The van der Waals surface area contributed by atoms with Gasteiger partial charge in [0.15, 0.2) is 6.61 Å². The Morgan fingerprint density at radius 3 is 2.23 bits per heavy atom. The molecule has 0 fully saturated rings. The van der Waals surface area contributed by atoms with E-state index in [0.29, 0.717) is 0 Å². The molecule has 0 aliphatic rings. The maximum absolute atomic E-state index is 8.35. The Morgan fingerprint density at radius 2 is 1.77 bits per heavy atom. The van der Waals surface area contributed by atoms with Crippen LogP contribution in [0, 0.1) is 32.1 Å². The second-order valence-electron chi connectivity index (χ2n) is 3.13. The lowest BCUT2D eigenvalue weighted by Crippen LogP contribution is -1.95. The number of hydrogen-bond donors (Lipinski definition) is 0. The summed E-state index contributed by atoms with van der Waals surface area (Å²) in [5, 5.41) is 8.35. The van der Waals surface area contributed by atoms with Gasteiger partial charge in [-0.3, -0.25) is 0 Å². The van der Waals surface area contributed by atoms with Crippen molar-refractivity contribution in [3.8, 4) is 11.8 Å². The zero-order valence-electron chi connectivity index (χ0n) is 8.22. The number of benzene rings is 1. The molecule has 0 saturated heterocycles. The van der Waals surface area contributed by atoms with E-state index in [-0.39, 0.29) is 6.61 Å². The molecule has 0 unspecified atom stereocenters. The molecule has 1 aromatic carbocycles. The van der Waals surface area contributed by atoms with Gasteiger partial charge in [0.05, 0.1) is 0 Å². The van der Waals surface area contributed by atoms with Gasteiger partial charge in [0.2, 0.25) is 0 Å². The standard InChI is InChI=1S/C11H13NO/c1-8-6-11(13-5-4-12)7-9(2)10(8)3/h6-7H,5H2,1-3H3. The third-order valence-electron chi connectivity index (χ3n) is 2.20. The molecule has 2 heteroatoms. The minimum atomic E-state index is 0.113. The number of ether oxygens (including phenoxy) is 1. The molecule has 0 atom stereocenters. The minimum Gasteiger partial charge on any atom is -0.479 e. The highest BCUT2D eigenvalue weighted by atomic mass is 16.5. The molecule has 68 valence electrons. The van der Waals surface area contributed by atoms with Gasteiger partial charge >= 0.3 is 0 Å². The fraction of sp³-hybridized carbons (Fsp3) is 0.364. The fourth-order valence-electron chi connectivity index (χ4n) is 1.19. The highest BCUT2D eigenvalue weighted by molar-refractivity contribution is 5.40. The maximum Gasteiger partial charge on any atom is 0.174 e. The van der Waals surface area contributed by atoms with Crippen LogP contribution in [-0.2, 0) is 0 Å². The summed E-state index contributed by atoms with van der Waals surface area (Å²) < 4.78 is 5.21. The van der Waals surface area contributed by atoms with Gasteiger partial charge in [-0.25, -0.2) is 0 Å². The molecule has 0 aliphatic heterocycles. The molecular weight excluding hydrogens is 162 g/mol. The fourth-order valence-corrected chi connectivity index (χ4v) is 1.19. The van der Waals surface area contributed by atoms with E-state index in [1.54, 1.807) is 0 Å². The molecule has 0 saturated carbocycles. The molecule has 0 spiro atoms. The summed E-state index contributed by atoms with van der Waals surface area (Å²) in [5.74, 6) is 0.780. The summed E-state index contributed by atoms with van der Waals surface area (Å²) in [6.45, 7) is 6.28. The third-order valence-corrected chi connectivity index (χ3v) is 2.20. The Morgan fingerprint density at radius 1 is 1.23 bits per heavy atom. The lowest BCUT2D eigenvalue weighted by Gasteiger charge is -2.08. The van der Waals surface area contributed by atoms with Gasteiger partial charge in [-0.1, -0.05) is 0 Å². The first-order valence-electron chi connectivity index (χ1n) is 4.22. The number of aryl methyl sites for hydroxylation is 2. The van der Waals surface area contributed by atoms with Gasteiger partial charge in [0, 0.05) is 0 Å². The number of rotatable bonds is 2. The molecule has 0 radical (unpaired) electrons. The lowest BCUT2D eigenvalue weighted by molar-refractivity contribution is 0.367. The Bertz CT molecular complexity index is 327. The van der Waals surface area contributed by atoms with Crippen LogP contribution >= 0.6 is 0 Å². The Hall–Kier alpha value is -1.49. The molecule has 2 nitrogen and oxygen atoms in total. The first-order chi connectivity index (χ1) is 6.15. The zero-order valence-corrected chi connectivity index (χ0v) is 8.22. The van der Waals surface area contributed by atoms with Crippen LogP contribution < -0.4 is 4.74 Å². The van der Waals surface area contributed by atoms with Crippen LogP contribution in [0.4, 0.5) is 0 Å². The van der Waals surface area contributed by atoms with E-state index >= 15 is 0 Å². The largest absolute Gasteiger partial charge is 0.479 e. The van der Waals surface area contributed by atoms with E-state index in [1.165, 1.54) is 16.7 Å². The van der Waals surface area contributed by atoms with Crippen LogP contribution in [0.25, 0.3) is 0 Å². The summed E-state index contributed by atoms with van der Waals surface area (Å²) >= 11 is 0. The maximum atomic E-state index is 8.35. The molecule has 0 heterocycles. The minimum absolute atomic E-state index is 0.113. The van der Waals surface area contributed by atoms with E-state index in [2.05, 4.69) is 6.92 Å². The van der Waals surface area contributed by atoms with E-state index in [1.807, 2.05) is 32.0 Å². The summed E-state index contributed by atoms with van der Waals surface area (Å²) in [7, 11) is 0. The quantitative estimate of drug-likeness (QED) is 0.691. The van der Waals surface area contributed by atoms with E-state index < -0.39 is 0 Å². The van der Waals surface area contributed by atoms with Crippen LogP contribution in [0.15, 0.2) is 12.1 Å². The second-order valence-corrected chi connectivity index (χ2v) is 3.13. The van der Waals surface area contributed by atoms with Crippen molar-refractivity contribution >= 4 is 0 Å². The third kappa shape index (κ3) is 2.22. The predicted molar refractivity (Wildman–Crippen MR) is 51.8 cm³/mol. The normalized spacial score (nSPS) is 9.38. The second kappa shape index (κ2) is 3.95. The molecule has 0 amide bonds. The van der Waals surface area contributed by atoms with Crippen LogP contribution in [0.3, 0.4) is 0 Å². The van der Waals surface area contributed by atoms with Crippen molar-refractivity contribution in [2.24, 2.45) is 0 Å². The van der Waals surface area contributed by atoms with Gasteiger partial charge in [-0.15, -0.1) is 0 Å². The molecule has 0 aliphatic carbocycles. The molecule has 1 rings (SSSR count). The zero-order chi connectivity index (χ0) is 9.84. The van der Waals surface area contributed by atoms with Gasteiger partial charge in [-0.2, -0.15) is 5.26 Å². The van der Waals surface area contributed by atoms with Gasteiger partial charge < -0.3 is 4.74 Å². The van der Waals surface area contributed by atoms with Crippen molar-refractivity contribution in [2.75, 3.05) is 6.61 Å². The first kappa shape index (κ1) is 9.60. The lowest BCUT2D eigenvalue weighted by atomic mass is 10.0. The topological polar surface area (TPSA) is 33.0 Å². The summed E-state index contributed by atoms with van der Waals surface area (Å²) in [5.41, 5.74) is 3.69. The molecule has 0 aromatic heterocycles. The SMILES string of the molecule is Cc1cc(OCC#N)cc(C)c1C. The number of nitrogens with zero attached hydrogens (tertiary/aromatic N) is 1. The highest BCUT2D eigenvalue weighted by Crippen LogP contribution is 2.20. The molecule has 0 N–H and O–H groups in total. The monoisotopic (exact) mass is 175 g/mol. The van der Waals surface area contributed by atoms with Crippen molar-refractivity contribution < 1.29 is 4.74 Å². The number of hydrogen-bond acceptors (Lipinski definition) is 2. The van der Waals surface area contributed by atoms with Crippen LogP contribution in [0.1, 0.15) is 16.7 Å². The number of nitriles is 1. The average Bonchev–Trinajstić information content (AvgIpc) is 2.10. The average molecular weight is 175 g/mol. The van der Waals surface area contributed by atoms with Crippen molar-refractivity contribution in [3.63, 3.8) is 0 Å². The molecule has 13 heavy (non-hydrogen) atoms. The highest BCUT2D eigenvalue weighted by Gasteiger charge is 2.00. The van der Waals surface area contributed by atoms with Crippen molar-refractivity contribution in [1.82, 2.24) is 0 Å². The van der Waals surface area contributed by atoms with Gasteiger partial charge in [0.1, 0.15) is 11.8 Å². The van der Waals surface area contributed by atoms with E-state index in [9.17, 15) is 0 Å². The van der Waals surface area contributed by atoms with Gasteiger partial charge in [-0.05, 0) is 49.6 Å². The molecule has 1 aromatic rings. The summed E-state index contributed by atoms with van der Waals surface area (Å²) in [6, 6.07) is 5.86. The Kier molecular flexibility index (Phi) is 2.92. The van der Waals surface area contributed by atoms with Crippen LogP contribution in [0.2, 0.25) is 0 Å². The van der Waals surface area contributed by atoms with Crippen molar-refractivity contribution in [2.45, 2.75) is 20.8 Å². The van der Waals surface area contributed by atoms with E-state index in [0.717, 1.165) is 5.75 Å². The Balaban J connectivity index is 2.94. The van der Waals surface area contributed by atoms with Gasteiger partial charge in [0.25, 0.3) is 0 Å².